The molecule has 4 heteroatoms. The molecule has 2 rings (SSSR count). The molecule has 0 spiro atoms. The number of morpholine rings is 1. The van der Waals surface area contributed by atoms with Crippen molar-refractivity contribution in [2.24, 2.45) is 0 Å². The summed E-state index contributed by atoms with van der Waals surface area (Å²) in [7, 11) is 0. The highest BCUT2D eigenvalue weighted by Gasteiger charge is 2.14. The van der Waals surface area contributed by atoms with E-state index in [-0.39, 0.29) is 18.5 Å². The number of hydrogen-bond acceptors (Lipinski definition) is 3. The van der Waals surface area contributed by atoms with E-state index in [0.717, 1.165) is 19.7 Å². The van der Waals surface area contributed by atoms with Crippen molar-refractivity contribution in [2.75, 3.05) is 19.7 Å². The third-order valence-corrected chi connectivity index (χ3v) is 2.54. The van der Waals surface area contributed by atoms with Crippen LogP contribution in [0, 0.1) is 0 Å². The number of rotatable bonds is 1. The van der Waals surface area contributed by atoms with Crippen LogP contribution in [0.25, 0.3) is 0 Å². The summed E-state index contributed by atoms with van der Waals surface area (Å²) in [6.07, 6.45) is 0.287. The van der Waals surface area contributed by atoms with E-state index in [2.05, 4.69) is 22.1 Å². The molecule has 1 atom stereocenters. The van der Waals surface area contributed by atoms with Crippen molar-refractivity contribution in [3.63, 3.8) is 0 Å². The molecule has 1 aromatic rings. The van der Waals surface area contributed by atoms with E-state index in [4.69, 9.17) is 4.74 Å². The molecule has 12 heavy (non-hydrogen) atoms. The first kappa shape index (κ1) is 9.99. The van der Waals surface area contributed by atoms with Crippen molar-refractivity contribution in [3.8, 4) is 0 Å². The standard InChI is InChI=1S/C8H11NOS.ClH/c1-4-11-6-7(1)8-5-9-2-3-10-8;/h1,4,6,8-9H,2-3,5H2;1H. The Morgan fingerprint density at radius 2 is 2.50 bits per heavy atom. The summed E-state index contributed by atoms with van der Waals surface area (Å²) >= 11 is 1.73. The lowest BCUT2D eigenvalue weighted by Gasteiger charge is -2.22. The normalized spacial score (nSPS) is 23.2. The van der Waals surface area contributed by atoms with Crippen LogP contribution in [-0.2, 0) is 4.74 Å². The van der Waals surface area contributed by atoms with E-state index in [1.807, 2.05) is 0 Å². The van der Waals surface area contributed by atoms with Crippen LogP contribution in [0.1, 0.15) is 11.7 Å². The second-order valence-corrected chi connectivity index (χ2v) is 3.40. The molecule has 0 radical (unpaired) electrons. The third-order valence-electron chi connectivity index (χ3n) is 1.84. The molecule has 0 saturated carbocycles. The number of nitrogens with one attached hydrogen (secondary N) is 1. The van der Waals surface area contributed by atoms with Crippen LogP contribution in [0.3, 0.4) is 0 Å². The summed E-state index contributed by atoms with van der Waals surface area (Å²) in [5, 5.41) is 7.54. The van der Waals surface area contributed by atoms with Crippen LogP contribution < -0.4 is 5.32 Å². The second-order valence-electron chi connectivity index (χ2n) is 2.62. The number of thiophene rings is 1. The molecular weight excluding hydrogens is 194 g/mol. The van der Waals surface area contributed by atoms with Gasteiger partial charge in [0.25, 0.3) is 0 Å². The maximum atomic E-state index is 5.57. The fraction of sp³-hybridized carbons (Fsp3) is 0.500. The summed E-state index contributed by atoms with van der Waals surface area (Å²) < 4.78 is 5.57. The lowest BCUT2D eigenvalue weighted by atomic mass is 10.2. The van der Waals surface area contributed by atoms with E-state index in [1.54, 1.807) is 11.3 Å². The molecule has 0 aliphatic carbocycles. The molecular formula is C8H12ClNOS. The Morgan fingerprint density at radius 1 is 1.58 bits per heavy atom. The summed E-state index contributed by atoms with van der Waals surface area (Å²) in [4.78, 5) is 0. The van der Waals surface area contributed by atoms with Gasteiger partial charge in [0.1, 0.15) is 0 Å². The smallest absolute Gasteiger partial charge is 0.0957 e. The Balaban J connectivity index is 0.000000720. The fourth-order valence-electron chi connectivity index (χ4n) is 1.24. The maximum absolute atomic E-state index is 5.57. The number of ether oxygens (including phenoxy) is 1. The molecule has 68 valence electrons. The first-order chi connectivity index (χ1) is 5.47. The monoisotopic (exact) mass is 205 g/mol. The minimum Gasteiger partial charge on any atom is -0.371 e. The summed E-state index contributed by atoms with van der Waals surface area (Å²) in [5.74, 6) is 0. The molecule has 1 unspecified atom stereocenters. The van der Waals surface area contributed by atoms with Gasteiger partial charge in [-0.05, 0) is 22.4 Å². The highest BCUT2D eigenvalue weighted by Crippen LogP contribution is 2.20. The minimum absolute atomic E-state index is 0. The highest BCUT2D eigenvalue weighted by atomic mass is 35.5. The molecule has 0 bridgehead atoms. The molecule has 1 saturated heterocycles. The molecule has 0 aromatic carbocycles. The van der Waals surface area contributed by atoms with Crippen LogP contribution in [0.5, 0.6) is 0 Å². The van der Waals surface area contributed by atoms with Gasteiger partial charge in [0.2, 0.25) is 0 Å². The molecule has 1 aliphatic heterocycles. The van der Waals surface area contributed by atoms with Crippen molar-refractivity contribution in [2.45, 2.75) is 6.10 Å². The van der Waals surface area contributed by atoms with Gasteiger partial charge in [0.05, 0.1) is 12.7 Å². The first-order valence-corrected chi connectivity index (χ1v) is 4.75. The van der Waals surface area contributed by atoms with E-state index in [9.17, 15) is 0 Å². The van der Waals surface area contributed by atoms with Crippen LogP contribution in [-0.4, -0.2) is 19.7 Å². The molecule has 0 amide bonds. The predicted octanol–water partition coefficient (Wildman–Crippen LogP) is 1.83. The van der Waals surface area contributed by atoms with E-state index in [0.29, 0.717) is 0 Å². The van der Waals surface area contributed by atoms with Crippen LogP contribution in [0.4, 0.5) is 0 Å². The Bertz CT molecular complexity index is 209. The SMILES string of the molecule is Cl.c1cc(C2CNCCO2)cs1. The van der Waals surface area contributed by atoms with Gasteiger partial charge in [0, 0.05) is 13.1 Å². The Labute approximate surface area is 82.3 Å². The lowest BCUT2D eigenvalue weighted by molar-refractivity contribution is 0.0279. The predicted molar refractivity (Wildman–Crippen MR) is 53.1 cm³/mol. The minimum atomic E-state index is 0. The van der Waals surface area contributed by atoms with Gasteiger partial charge in [-0.2, -0.15) is 11.3 Å². The lowest BCUT2D eigenvalue weighted by Crippen LogP contribution is -2.33. The fourth-order valence-corrected chi connectivity index (χ4v) is 1.94. The van der Waals surface area contributed by atoms with Gasteiger partial charge >= 0.3 is 0 Å². The maximum Gasteiger partial charge on any atom is 0.0957 e. The molecule has 1 aliphatic rings. The van der Waals surface area contributed by atoms with Gasteiger partial charge in [0.15, 0.2) is 0 Å². The quantitative estimate of drug-likeness (QED) is 0.756. The highest BCUT2D eigenvalue weighted by molar-refractivity contribution is 7.07. The van der Waals surface area contributed by atoms with Gasteiger partial charge < -0.3 is 10.1 Å². The van der Waals surface area contributed by atoms with E-state index < -0.39 is 0 Å². The van der Waals surface area contributed by atoms with Crippen molar-refractivity contribution >= 4 is 23.7 Å². The van der Waals surface area contributed by atoms with Crippen molar-refractivity contribution in [1.29, 1.82) is 0 Å². The third kappa shape index (κ3) is 2.20. The molecule has 2 nitrogen and oxygen atoms in total. The van der Waals surface area contributed by atoms with E-state index in [1.165, 1.54) is 5.56 Å². The van der Waals surface area contributed by atoms with Gasteiger partial charge in [-0.25, -0.2) is 0 Å². The molecule has 1 aromatic heterocycles. The Morgan fingerprint density at radius 3 is 3.08 bits per heavy atom. The molecule has 1 N–H and O–H groups in total. The van der Waals surface area contributed by atoms with Crippen molar-refractivity contribution < 1.29 is 4.74 Å². The van der Waals surface area contributed by atoms with Crippen molar-refractivity contribution in [3.05, 3.63) is 22.4 Å². The summed E-state index contributed by atoms with van der Waals surface area (Å²) in [6.45, 7) is 2.78. The Kier molecular flexibility index (Phi) is 4.01. The largest absolute Gasteiger partial charge is 0.371 e. The number of halogens is 1. The van der Waals surface area contributed by atoms with Gasteiger partial charge in [-0.3, -0.25) is 0 Å². The first-order valence-electron chi connectivity index (χ1n) is 3.81. The zero-order valence-corrected chi connectivity index (χ0v) is 8.29. The molecule has 1 fully saturated rings. The van der Waals surface area contributed by atoms with Crippen molar-refractivity contribution in [1.82, 2.24) is 5.32 Å². The topological polar surface area (TPSA) is 21.3 Å². The van der Waals surface area contributed by atoms with E-state index >= 15 is 0 Å². The van der Waals surface area contributed by atoms with Gasteiger partial charge in [-0.1, -0.05) is 0 Å². The van der Waals surface area contributed by atoms with Crippen LogP contribution in [0.15, 0.2) is 16.8 Å². The zero-order chi connectivity index (χ0) is 7.52. The second kappa shape index (κ2) is 4.82. The summed E-state index contributed by atoms with van der Waals surface area (Å²) in [6, 6.07) is 2.13. The average Bonchev–Trinajstić information content (AvgIpc) is 2.58. The molecule has 2 heterocycles. The Hall–Kier alpha value is -0.0900. The zero-order valence-electron chi connectivity index (χ0n) is 6.66. The summed E-state index contributed by atoms with van der Waals surface area (Å²) in [5.41, 5.74) is 1.31. The number of hydrogen-bond donors (Lipinski definition) is 1. The van der Waals surface area contributed by atoms with Gasteiger partial charge in [-0.15, -0.1) is 12.4 Å². The average molecular weight is 206 g/mol. The van der Waals surface area contributed by atoms with Crippen LogP contribution in [0.2, 0.25) is 0 Å². The van der Waals surface area contributed by atoms with Crippen LogP contribution >= 0.6 is 23.7 Å².